The van der Waals surface area contributed by atoms with Crippen LogP contribution < -0.4 is 5.32 Å². The molecule has 0 aromatic carbocycles. The molecule has 0 heterocycles. The van der Waals surface area contributed by atoms with Crippen LogP contribution in [0.1, 0.15) is 58.8 Å². The normalized spacial score (nSPS) is 33.3. The maximum atomic E-state index is 5.28. The standard InChI is InChI=1S/C17H33NO/c1-4-14-5-6-15(12-18-16-7-8-16)17(11-14)13(2)9-10-19-3/h13-18H,4-12H2,1-3H3. The highest BCUT2D eigenvalue weighted by atomic mass is 16.5. The lowest BCUT2D eigenvalue weighted by Crippen LogP contribution is -2.37. The van der Waals surface area contributed by atoms with Gasteiger partial charge in [0, 0.05) is 19.8 Å². The molecule has 2 fully saturated rings. The molecule has 0 bridgehead atoms. The lowest BCUT2D eigenvalue weighted by atomic mass is 9.68. The molecule has 4 unspecified atom stereocenters. The Labute approximate surface area is 119 Å². The highest BCUT2D eigenvalue weighted by Gasteiger charge is 2.34. The van der Waals surface area contributed by atoms with Crippen molar-refractivity contribution in [2.45, 2.75) is 64.8 Å². The summed E-state index contributed by atoms with van der Waals surface area (Å²) in [5.74, 6) is 3.63. The summed E-state index contributed by atoms with van der Waals surface area (Å²) < 4.78 is 5.28. The molecule has 2 aliphatic rings. The summed E-state index contributed by atoms with van der Waals surface area (Å²) in [5.41, 5.74) is 0. The first kappa shape index (κ1) is 15.3. The predicted molar refractivity (Wildman–Crippen MR) is 81.3 cm³/mol. The minimum atomic E-state index is 0.820. The molecule has 0 aliphatic heterocycles. The van der Waals surface area contributed by atoms with Crippen LogP contribution >= 0.6 is 0 Å². The number of rotatable bonds is 8. The van der Waals surface area contributed by atoms with Crippen LogP contribution in [0.3, 0.4) is 0 Å². The Morgan fingerprint density at radius 1 is 1.21 bits per heavy atom. The molecule has 0 saturated heterocycles. The van der Waals surface area contributed by atoms with Crippen LogP contribution in [0.5, 0.6) is 0 Å². The van der Waals surface area contributed by atoms with Gasteiger partial charge in [-0.25, -0.2) is 0 Å². The van der Waals surface area contributed by atoms with Crippen LogP contribution in [0.2, 0.25) is 0 Å². The van der Waals surface area contributed by atoms with E-state index in [1.807, 2.05) is 7.11 Å². The van der Waals surface area contributed by atoms with E-state index in [1.165, 1.54) is 51.5 Å². The molecule has 112 valence electrons. The van der Waals surface area contributed by atoms with Crippen LogP contribution in [0.4, 0.5) is 0 Å². The fourth-order valence-electron chi connectivity index (χ4n) is 3.80. The van der Waals surface area contributed by atoms with E-state index in [2.05, 4.69) is 19.2 Å². The van der Waals surface area contributed by atoms with Crippen LogP contribution in [0.25, 0.3) is 0 Å². The highest BCUT2D eigenvalue weighted by Crippen LogP contribution is 2.40. The Bertz CT molecular complexity index is 252. The van der Waals surface area contributed by atoms with Gasteiger partial charge in [0.1, 0.15) is 0 Å². The molecule has 2 nitrogen and oxygen atoms in total. The van der Waals surface area contributed by atoms with Crippen molar-refractivity contribution >= 4 is 0 Å². The zero-order chi connectivity index (χ0) is 13.7. The van der Waals surface area contributed by atoms with Gasteiger partial charge in [-0.2, -0.15) is 0 Å². The van der Waals surface area contributed by atoms with Crippen LogP contribution in [-0.4, -0.2) is 26.3 Å². The second kappa shape index (κ2) is 7.64. The van der Waals surface area contributed by atoms with E-state index in [9.17, 15) is 0 Å². The number of hydrogen-bond donors (Lipinski definition) is 1. The van der Waals surface area contributed by atoms with Crippen molar-refractivity contribution in [3.63, 3.8) is 0 Å². The van der Waals surface area contributed by atoms with Gasteiger partial charge in [0.2, 0.25) is 0 Å². The average molecular weight is 267 g/mol. The molecule has 2 saturated carbocycles. The maximum absolute atomic E-state index is 5.28. The molecular weight excluding hydrogens is 234 g/mol. The minimum Gasteiger partial charge on any atom is -0.385 e. The van der Waals surface area contributed by atoms with E-state index in [-0.39, 0.29) is 0 Å². The summed E-state index contributed by atoms with van der Waals surface area (Å²) in [6.45, 7) is 7.01. The van der Waals surface area contributed by atoms with E-state index in [1.54, 1.807) is 0 Å². The van der Waals surface area contributed by atoms with Gasteiger partial charge in [0.15, 0.2) is 0 Å². The van der Waals surface area contributed by atoms with Gasteiger partial charge in [-0.15, -0.1) is 0 Å². The Hall–Kier alpha value is -0.0800. The third-order valence-electron chi connectivity index (χ3n) is 5.49. The predicted octanol–water partition coefficient (Wildman–Crippen LogP) is 3.85. The van der Waals surface area contributed by atoms with E-state index in [0.717, 1.165) is 36.3 Å². The monoisotopic (exact) mass is 267 g/mol. The van der Waals surface area contributed by atoms with E-state index in [0.29, 0.717) is 0 Å². The third kappa shape index (κ3) is 4.75. The molecule has 4 atom stereocenters. The molecule has 0 radical (unpaired) electrons. The fraction of sp³-hybridized carbons (Fsp3) is 1.00. The van der Waals surface area contributed by atoms with Gasteiger partial charge in [-0.1, -0.05) is 26.7 Å². The first-order valence-electron chi connectivity index (χ1n) is 8.46. The Kier molecular flexibility index (Phi) is 6.15. The summed E-state index contributed by atoms with van der Waals surface area (Å²) in [5, 5.41) is 3.77. The van der Waals surface area contributed by atoms with E-state index >= 15 is 0 Å². The van der Waals surface area contributed by atoms with Gasteiger partial charge in [0.25, 0.3) is 0 Å². The molecule has 1 N–H and O–H groups in total. The third-order valence-corrected chi connectivity index (χ3v) is 5.49. The van der Waals surface area contributed by atoms with Gasteiger partial charge in [-0.05, 0) is 62.3 Å². The van der Waals surface area contributed by atoms with Gasteiger partial charge in [-0.3, -0.25) is 0 Å². The molecule has 19 heavy (non-hydrogen) atoms. The summed E-state index contributed by atoms with van der Waals surface area (Å²) in [4.78, 5) is 0. The van der Waals surface area contributed by atoms with E-state index < -0.39 is 0 Å². The molecule has 2 aliphatic carbocycles. The second-order valence-corrected chi connectivity index (χ2v) is 6.95. The van der Waals surface area contributed by atoms with Gasteiger partial charge >= 0.3 is 0 Å². The molecule has 2 heteroatoms. The summed E-state index contributed by atoms with van der Waals surface area (Å²) >= 11 is 0. The average Bonchev–Trinajstić information content (AvgIpc) is 3.26. The first-order chi connectivity index (χ1) is 9.24. The molecule has 0 aromatic rings. The minimum absolute atomic E-state index is 0.820. The number of methoxy groups -OCH3 is 1. The van der Waals surface area contributed by atoms with Crippen molar-refractivity contribution in [3.8, 4) is 0 Å². The second-order valence-electron chi connectivity index (χ2n) is 6.95. The van der Waals surface area contributed by atoms with E-state index in [4.69, 9.17) is 4.74 Å². The lowest BCUT2D eigenvalue weighted by Gasteiger charge is -2.39. The van der Waals surface area contributed by atoms with Crippen molar-refractivity contribution in [3.05, 3.63) is 0 Å². The first-order valence-corrected chi connectivity index (χ1v) is 8.46. The Balaban J connectivity index is 1.85. The van der Waals surface area contributed by atoms with Crippen molar-refractivity contribution in [1.82, 2.24) is 5.32 Å². The largest absolute Gasteiger partial charge is 0.385 e. The summed E-state index contributed by atoms with van der Waals surface area (Å²) in [6.07, 6.45) is 9.79. The van der Waals surface area contributed by atoms with Crippen molar-refractivity contribution in [2.24, 2.45) is 23.7 Å². The molecular formula is C17H33NO. The topological polar surface area (TPSA) is 21.3 Å². The fourth-order valence-corrected chi connectivity index (χ4v) is 3.80. The molecule has 2 rings (SSSR count). The van der Waals surface area contributed by atoms with Crippen molar-refractivity contribution in [1.29, 1.82) is 0 Å². The van der Waals surface area contributed by atoms with Crippen LogP contribution in [0, 0.1) is 23.7 Å². The Morgan fingerprint density at radius 2 is 2.00 bits per heavy atom. The molecule has 0 amide bonds. The quantitative estimate of drug-likeness (QED) is 0.721. The van der Waals surface area contributed by atoms with Gasteiger partial charge in [0.05, 0.1) is 0 Å². The molecule has 0 aromatic heterocycles. The Morgan fingerprint density at radius 3 is 2.63 bits per heavy atom. The summed E-state index contributed by atoms with van der Waals surface area (Å²) in [7, 11) is 1.83. The summed E-state index contributed by atoms with van der Waals surface area (Å²) in [6, 6.07) is 0.860. The lowest BCUT2D eigenvalue weighted by molar-refractivity contribution is 0.0955. The number of nitrogens with one attached hydrogen (secondary N) is 1. The number of hydrogen-bond acceptors (Lipinski definition) is 2. The zero-order valence-corrected chi connectivity index (χ0v) is 13.2. The van der Waals surface area contributed by atoms with Crippen molar-refractivity contribution < 1.29 is 4.74 Å². The maximum Gasteiger partial charge on any atom is 0.0464 e. The SMILES string of the molecule is CCC1CCC(CNC2CC2)C(C(C)CCOC)C1. The smallest absolute Gasteiger partial charge is 0.0464 e. The van der Waals surface area contributed by atoms with Gasteiger partial charge < -0.3 is 10.1 Å². The molecule has 0 spiro atoms. The number of ether oxygens (including phenoxy) is 1. The van der Waals surface area contributed by atoms with Crippen molar-refractivity contribution in [2.75, 3.05) is 20.3 Å². The highest BCUT2D eigenvalue weighted by molar-refractivity contribution is 4.87. The zero-order valence-electron chi connectivity index (χ0n) is 13.2. The van der Waals surface area contributed by atoms with Crippen LogP contribution in [0.15, 0.2) is 0 Å². The van der Waals surface area contributed by atoms with Crippen LogP contribution in [-0.2, 0) is 4.74 Å².